The van der Waals surface area contributed by atoms with Crippen molar-refractivity contribution in [2.24, 2.45) is 16.3 Å². The summed E-state index contributed by atoms with van der Waals surface area (Å²) in [5.41, 5.74) is -1.12. The maximum Gasteiger partial charge on any atom is 0.312 e. The molecule has 0 bridgehead atoms. The minimum Gasteiger partial charge on any atom is -0.481 e. The Morgan fingerprint density at radius 1 is 1.41 bits per heavy atom. The van der Waals surface area contributed by atoms with Crippen LogP contribution in [0.25, 0.3) is 0 Å². The molecule has 0 saturated heterocycles. The van der Waals surface area contributed by atoms with Gasteiger partial charge >= 0.3 is 11.9 Å². The maximum absolute atomic E-state index is 12.5. The molecule has 2 rings (SSSR count). The molecule has 146 valence electrons. The maximum atomic E-state index is 12.5. The first-order valence-corrected chi connectivity index (χ1v) is 9.32. The second kappa shape index (κ2) is 7.75. The van der Waals surface area contributed by atoms with Crippen LogP contribution >= 0.6 is 15.9 Å². The van der Waals surface area contributed by atoms with Gasteiger partial charge in [0.2, 0.25) is 0 Å². The van der Waals surface area contributed by atoms with E-state index < -0.39 is 40.2 Å². The van der Waals surface area contributed by atoms with Crippen molar-refractivity contribution in [1.82, 2.24) is 0 Å². The zero-order valence-corrected chi connectivity index (χ0v) is 16.7. The Morgan fingerprint density at radius 3 is 2.52 bits per heavy atom. The number of nitrogens with zero attached hydrogens (tertiary/aromatic N) is 2. The van der Waals surface area contributed by atoms with E-state index in [0.717, 1.165) is 0 Å². The average Bonchev–Trinajstić information content (AvgIpc) is 2.55. The number of aliphatic imine (C=N–C) groups is 1. The quantitative estimate of drug-likeness (QED) is 0.395. The molecule has 1 aliphatic heterocycles. The number of rotatable bonds is 6. The molecular formula is C18H21BrN2O6. The van der Waals surface area contributed by atoms with Crippen LogP contribution < -0.4 is 0 Å². The fourth-order valence-electron chi connectivity index (χ4n) is 4.10. The molecule has 1 aliphatic rings. The number of hydrogen-bond donors (Lipinski definition) is 2. The standard InChI is InChI=1S/C18H21BrN2O6/c1-9(19)8-18(17(24)25)11(3)20-10(2)14(16(22)23)15(18)12-5-4-6-13(7-12)21(26)27/h4-7,9,11,14-15H,8H2,1-3H3,(H,22,23)(H,24,25). The summed E-state index contributed by atoms with van der Waals surface area (Å²) < 4.78 is 0. The summed E-state index contributed by atoms with van der Waals surface area (Å²) in [6.45, 7) is 4.99. The fourth-order valence-corrected chi connectivity index (χ4v) is 4.64. The van der Waals surface area contributed by atoms with Crippen molar-refractivity contribution >= 4 is 39.3 Å². The molecule has 8 nitrogen and oxygen atoms in total. The molecule has 0 saturated carbocycles. The van der Waals surface area contributed by atoms with E-state index in [2.05, 4.69) is 20.9 Å². The Hall–Kier alpha value is -2.29. The van der Waals surface area contributed by atoms with E-state index in [1.165, 1.54) is 18.2 Å². The lowest BCUT2D eigenvalue weighted by Crippen LogP contribution is -2.54. The molecule has 0 aliphatic carbocycles. The van der Waals surface area contributed by atoms with Gasteiger partial charge in [-0.1, -0.05) is 35.0 Å². The van der Waals surface area contributed by atoms with E-state index >= 15 is 0 Å². The lowest BCUT2D eigenvalue weighted by atomic mass is 9.58. The third-order valence-corrected chi connectivity index (χ3v) is 5.53. The molecule has 0 fully saturated rings. The van der Waals surface area contributed by atoms with Crippen LogP contribution in [0.2, 0.25) is 0 Å². The van der Waals surface area contributed by atoms with Crippen LogP contribution in [0.5, 0.6) is 0 Å². The first kappa shape index (κ1) is 21.0. The van der Waals surface area contributed by atoms with Gasteiger partial charge in [0, 0.05) is 28.6 Å². The Balaban J connectivity index is 2.82. The number of carbonyl (C=O) groups is 2. The summed E-state index contributed by atoms with van der Waals surface area (Å²) in [7, 11) is 0. The van der Waals surface area contributed by atoms with Crippen LogP contribution in [0.1, 0.15) is 38.7 Å². The lowest BCUT2D eigenvalue weighted by molar-refractivity contribution is -0.385. The van der Waals surface area contributed by atoms with Gasteiger partial charge in [-0.05, 0) is 25.8 Å². The van der Waals surface area contributed by atoms with Crippen molar-refractivity contribution in [2.75, 3.05) is 0 Å². The highest BCUT2D eigenvalue weighted by atomic mass is 79.9. The fraction of sp³-hybridized carbons (Fsp3) is 0.500. The molecule has 1 aromatic carbocycles. The summed E-state index contributed by atoms with van der Waals surface area (Å²) in [4.78, 5) is 39.3. The van der Waals surface area contributed by atoms with Crippen LogP contribution in [0, 0.1) is 21.4 Å². The number of nitro benzene ring substituents is 1. The zero-order valence-electron chi connectivity index (χ0n) is 15.1. The number of non-ortho nitro benzene ring substituents is 1. The third-order valence-electron chi connectivity index (χ3n) is 5.20. The van der Waals surface area contributed by atoms with Crippen LogP contribution in [0.15, 0.2) is 29.3 Å². The van der Waals surface area contributed by atoms with Crippen molar-refractivity contribution in [2.45, 2.75) is 44.0 Å². The van der Waals surface area contributed by atoms with Crippen LogP contribution in [-0.2, 0) is 9.59 Å². The molecular weight excluding hydrogens is 420 g/mol. The number of halogens is 1. The molecule has 0 spiro atoms. The number of carboxylic acid groups (broad SMARTS) is 2. The Morgan fingerprint density at radius 2 is 2.04 bits per heavy atom. The molecule has 9 heteroatoms. The van der Waals surface area contributed by atoms with Crippen LogP contribution in [-0.4, -0.2) is 43.7 Å². The van der Waals surface area contributed by atoms with Crippen LogP contribution in [0.3, 0.4) is 0 Å². The summed E-state index contributed by atoms with van der Waals surface area (Å²) in [6, 6.07) is 4.86. The van der Waals surface area contributed by atoms with E-state index in [1.54, 1.807) is 26.8 Å². The molecule has 27 heavy (non-hydrogen) atoms. The largest absolute Gasteiger partial charge is 0.481 e. The summed E-state index contributed by atoms with van der Waals surface area (Å²) in [5, 5.41) is 31.2. The summed E-state index contributed by atoms with van der Waals surface area (Å²) in [6.07, 6.45) is 0.122. The van der Waals surface area contributed by atoms with Crippen molar-refractivity contribution in [3.05, 3.63) is 39.9 Å². The van der Waals surface area contributed by atoms with Crippen LogP contribution in [0.4, 0.5) is 5.69 Å². The minimum atomic E-state index is -1.53. The van der Waals surface area contributed by atoms with Gasteiger partial charge in [0.15, 0.2) is 0 Å². The zero-order chi connectivity index (χ0) is 20.5. The number of alkyl halides is 1. The highest BCUT2D eigenvalue weighted by Gasteiger charge is 2.58. The van der Waals surface area contributed by atoms with Gasteiger partial charge in [0.25, 0.3) is 5.69 Å². The van der Waals surface area contributed by atoms with Gasteiger partial charge in [-0.25, -0.2) is 0 Å². The Kier molecular flexibility index (Phi) is 6.04. The summed E-state index contributed by atoms with van der Waals surface area (Å²) >= 11 is 3.38. The van der Waals surface area contributed by atoms with Gasteiger partial charge in [-0.3, -0.25) is 24.7 Å². The topological polar surface area (TPSA) is 130 Å². The van der Waals surface area contributed by atoms with Gasteiger partial charge in [0.05, 0.1) is 16.4 Å². The molecule has 1 aromatic rings. The van der Waals surface area contributed by atoms with E-state index in [9.17, 15) is 29.9 Å². The first-order chi connectivity index (χ1) is 12.5. The molecule has 0 aromatic heterocycles. The van der Waals surface area contributed by atoms with Gasteiger partial charge in [-0.15, -0.1) is 0 Å². The monoisotopic (exact) mass is 440 g/mol. The van der Waals surface area contributed by atoms with Gasteiger partial charge < -0.3 is 10.2 Å². The van der Waals surface area contributed by atoms with E-state index in [-0.39, 0.29) is 16.9 Å². The smallest absolute Gasteiger partial charge is 0.312 e. The Bertz CT molecular complexity index is 809. The highest BCUT2D eigenvalue weighted by molar-refractivity contribution is 9.09. The first-order valence-electron chi connectivity index (χ1n) is 8.41. The molecule has 0 amide bonds. The second-order valence-electron chi connectivity index (χ2n) is 6.92. The summed E-state index contributed by atoms with van der Waals surface area (Å²) in [5.74, 6) is -4.56. The number of nitro groups is 1. The number of carboxylic acids is 2. The van der Waals surface area contributed by atoms with Crippen molar-refractivity contribution in [3.8, 4) is 0 Å². The molecule has 2 N–H and O–H groups in total. The molecule has 0 radical (unpaired) electrons. The normalized spacial score (nSPS) is 28.9. The van der Waals surface area contributed by atoms with E-state index in [4.69, 9.17) is 0 Å². The average molecular weight is 441 g/mol. The second-order valence-corrected chi connectivity index (χ2v) is 8.49. The van der Waals surface area contributed by atoms with Crippen molar-refractivity contribution in [3.63, 3.8) is 0 Å². The van der Waals surface area contributed by atoms with Gasteiger partial charge in [-0.2, -0.15) is 0 Å². The molecule has 5 unspecified atom stereocenters. The minimum absolute atomic E-state index is 0.122. The SMILES string of the molecule is CC1=NC(C)C(CC(C)Br)(C(=O)O)C(c2cccc([N+](=O)[O-])c2)C1C(=O)O. The van der Waals surface area contributed by atoms with Gasteiger partial charge in [0.1, 0.15) is 5.92 Å². The van der Waals surface area contributed by atoms with E-state index in [1.807, 2.05) is 0 Å². The predicted octanol–water partition coefficient (Wildman–Crippen LogP) is 3.49. The lowest BCUT2D eigenvalue weighted by Gasteiger charge is -2.47. The van der Waals surface area contributed by atoms with Crippen molar-refractivity contribution < 1.29 is 24.7 Å². The number of hydrogen-bond acceptors (Lipinski definition) is 5. The highest BCUT2D eigenvalue weighted by Crippen LogP contribution is 2.52. The third kappa shape index (κ3) is 3.73. The number of benzene rings is 1. The van der Waals surface area contributed by atoms with E-state index in [0.29, 0.717) is 11.3 Å². The Labute approximate surface area is 164 Å². The molecule has 1 heterocycles. The number of aliphatic carboxylic acids is 2. The molecule has 5 atom stereocenters. The van der Waals surface area contributed by atoms with Crippen molar-refractivity contribution in [1.29, 1.82) is 0 Å². The predicted molar refractivity (Wildman–Crippen MR) is 103 cm³/mol.